The van der Waals surface area contributed by atoms with E-state index in [1.165, 1.54) is 6.42 Å². The molecule has 2 heterocycles. The molecule has 2 N–H and O–H groups in total. The van der Waals surface area contributed by atoms with Gasteiger partial charge in [-0.25, -0.2) is 0 Å². The molecular weight excluding hydrogens is 258 g/mol. The lowest BCUT2D eigenvalue weighted by Crippen LogP contribution is -2.35. The van der Waals surface area contributed by atoms with E-state index in [0.29, 0.717) is 30.6 Å². The third-order valence-corrected chi connectivity index (χ3v) is 4.60. The van der Waals surface area contributed by atoms with E-state index in [-0.39, 0.29) is 12.1 Å². The molecule has 0 aromatic carbocycles. The lowest BCUT2D eigenvalue weighted by atomic mass is 9.78. The molecule has 0 radical (unpaired) electrons. The molecule has 2 aliphatic rings. The Labute approximate surface area is 118 Å². The van der Waals surface area contributed by atoms with Crippen molar-refractivity contribution in [2.24, 2.45) is 5.92 Å². The van der Waals surface area contributed by atoms with E-state index in [0.717, 1.165) is 19.3 Å². The largest absolute Gasteiger partial charge is 0.392 e. The van der Waals surface area contributed by atoms with Gasteiger partial charge in [0.05, 0.1) is 12.1 Å². The van der Waals surface area contributed by atoms with E-state index in [1.54, 1.807) is 7.11 Å². The first-order valence-corrected chi connectivity index (χ1v) is 7.43. The van der Waals surface area contributed by atoms with Crippen molar-refractivity contribution in [1.82, 2.24) is 15.5 Å². The van der Waals surface area contributed by atoms with Crippen molar-refractivity contribution in [2.75, 3.05) is 13.7 Å². The normalized spacial score (nSPS) is 38.2. The molecule has 1 aliphatic carbocycles. The third-order valence-electron chi connectivity index (χ3n) is 4.60. The molecule has 1 saturated carbocycles. The molecular formula is C14H23N3O3. The monoisotopic (exact) mass is 281 g/mol. The fourth-order valence-corrected chi connectivity index (χ4v) is 3.45. The standard InChI is InChI=1S/C14H23N3O3/c1-9-4-3-5-14(7-9,19-2)13-16-12(20-17-13)11-6-10(18)8-15-11/h9-11,15,18H,3-8H2,1-2H3/t9?,10-,11+,14?/m1/s1. The van der Waals surface area contributed by atoms with Crippen LogP contribution in [0.3, 0.4) is 0 Å². The quantitative estimate of drug-likeness (QED) is 0.874. The average molecular weight is 281 g/mol. The molecule has 6 heteroatoms. The summed E-state index contributed by atoms with van der Waals surface area (Å²) in [5.41, 5.74) is -0.406. The minimum absolute atomic E-state index is 0.0406. The molecule has 1 aliphatic heterocycles. The first-order valence-electron chi connectivity index (χ1n) is 7.43. The van der Waals surface area contributed by atoms with Crippen molar-refractivity contribution in [3.05, 3.63) is 11.7 Å². The van der Waals surface area contributed by atoms with Crippen LogP contribution >= 0.6 is 0 Å². The van der Waals surface area contributed by atoms with Gasteiger partial charge in [-0.05, 0) is 31.6 Å². The summed E-state index contributed by atoms with van der Waals surface area (Å²) < 4.78 is 11.2. The first-order chi connectivity index (χ1) is 9.63. The minimum atomic E-state index is -0.406. The fourth-order valence-electron chi connectivity index (χ4n) is 3.45. The number of aromatic nitrogens is 2. The van der Waals surface area contributed by atoms with Gasteiger partial charge in [-0.3, -0.25) is 0 Å². The number of methoxy groups -OCH3 is 1. The number of nitrogens with zero attached hydrogens (tertiary/aromatic N) is 2. The highest BCUT2D eigenvalue weighted by atomic mass is 16.5. The number of aliphatic hydroxyl groups is 1. The molecule has 0 spiro atoms. The molecule has 1 aromatic rings. The molecule has 4 atom stereocenters. The Kier molecular flexibility index (Phi) is 3.79. The van der Waals surface area contributed by atoms with Crippen molar-refractivity contribution in [3.8, 4) is 0 Å². The van der Waals surface area contributed by atoms with Gasteiger partial charge in [0.25, 0.3) is 0 Å². The molecule has 112 valence electrons. The second-order valence-corrected chi connectivity index (χ2v) is 6.21. The molecule has 20 heavy (non-hydrogen) atoms. The summed E-state index contributed by atoms with van der Waals surface area (Å²) in [7, 11) is 1.73. The van der Waals surface area contributed by atoms with E-state index in [4.69, 9.17) is 9.26 Å². The van der Waals surface area contributed by atoms with Crippen LogP contribution in [-0.4, -0.2) is 35.0 Å². The summed E-state index contributed by atoms with van der Waals surface area (Å²) >= 11 is 0. The smallest absolute Gasteiger partial charge is 0.243 e. The van der Waals surface area contributed by atoms with Crippen LogP contribution in [-0.2, 0) is 10.3 Å². The topological polar surface area (TPSA) is 80.4 Å². The zero-order chi connectivity index (χ0) is 14.2. The van der Waals surface area contributed by atoms with E-state index >= 15 is 0 Å². The Morgan fingerprint density at radius 3 is 3.00 bits per heavy atom. The van der Waals surface area contributed by atoms with Crippen LogP contribution in [0.2, 0.25) is 0 Å². The second kappa shape index (κ2) is 5.42. The first kappa shape index (κ1) is 14.0. The van der Waals surface area contributed by atoms with Crippen molar-refractivity contribution in [1.29, 1.82) is 0 Å². The number of nitrogens with one attached hydrogen (secondary N) is 1. The minimum Gasteiger partial charge on any atom is -0.392 e. The third kappa shape index (κ3) is 2.47. The van der Waals surface area contributed by atoms with Gasteiger partial charge in [0.2, 0.25) is 11.7 Å². The van der Waals surface area contributed by atoms with Gasteiger partial charge in [0, 0.05) is 13.7 Å². The van der Waals surface area contributed by atoms with E-state index in [9.17, 15) is 5.11 Å². The van der Waals surface area contributed by atoms with Crippen LogP contribution < -0.4 is 5.32 Å². The molecule has 1 saturated heterocycles. The summed E-state index contributed by atoms with van der Waals surface area (Å²) in [4.78, 5) is 4.55. The molecule has 2 unspecified atom stereocenters. The van der Waals surface area contributed by atoms with E-state index in [1.807, 2.05) is 0 Å². The SMILES string of the molecule is COC1(c2noc([C@@H]3C[C@@H](O)CN3)n2)CCCC(C)C1. The molecule has 3 rings (SSSR count). The van der Waals surface area contributed by atoms with Crippen molar-refractivity contribution >= 4 is 0 Å². The van der Waals surface area contributed by atoms with Crippen LogP contribution in [0.1, 0.15) is 56.8 Å². The number of hydrogen-bond donors (Lipinski definition) is 2. The van der Waals surface area contributed by atoms with Crippen LogP contribution in [0.25, 0.3) is 0 Å². The lowest BCUT2D eigenvalue weighted by molar-refractivity contribution is -0.0658. The van der Waals surface area contributed by atoms with Crippen LogP contribution in [0.15, 0.2) is 4.52 Å². The summed E-state index contributed by atoms with van der Waals surface area (Å²) in [6.45, 7) is 2.82. The number of ether oxygens (including phenoxy) is 1. The highest BCUT2D eigenvalue weighted by Gasteiger charge is 2.41. The highest BCUT2D eigenvalue weighted by molar-refractivity contribution is 5.06. The second-order valence-electron chi connectivity index (χ2n) is 6.21. The van der Waals surface area contributed by atoms with Crippen molar-refractivity contribution in [3.63, 3.8) is 0 Å². The predicted molar refractivity (Wildman–Crippen MR) is 72.0 cm³/mol. The summed E-state index contributed by atoms with van der Waals surface area (Å²) in [6.07, 6.45) is 4.52. The number of aliphatic hydroxyl groups excluding tert-OH is 1. The number of rotatable bonds is 3. The van der Waals surface area contributed by atoms with Gasteiger partial charge < -0.3 is 19.7 Å². The molecule has 0 amide bonds. The van der Waals surface area contributed by atoms with Gasteiger partial charge >= 0.3 is 0 Å². The van der Waals surface area contributed by atoms with Crippen molar-refractivity contribution < 1.29 is 14.4 Å². The van der Waals surface area contributed by atoms with Gasteiger partial charge in [0.1, 0.15) is 5.60 Å². The summed E-state index contributed by atoms with van der Waals surface area (Å²) in [6, 6.07) is -0.0406. The Hall–Kier alpha value is -0.980. The van der Waals surface area contributed by atoms with E-state index < -0.39 is 5.60 Å². The number of β-amino-alcohol motifs (C(OH)–C–C–N with tert-alkyl or cyclic N) is 1. The van der Waals surface area contributed by atoms with Crippen LogP contribution in [0, 0.1) is 5.92 Å². The van der Waals surface area contributed by atoms with E-state index in [2.05, 4.69) is 22.4 Å². The zero-order valence-electron chi connectivity index (χ0n) is 12.1. The van der Waals surface area contributed by atoms with Gasteiger partial charge in [-0.15, -0.1) is 0 Å². The average Bonchev–Trinajstić information content (AvgIpc) is 3.07. The fraction of sp³-hybridized carbons (Fsp3) is 0.857. The zero-order valence-corrected chi connectivity index (χ0v) is 12.1. The summed E-state index contributed by atoms with van der Waals surface area (Å²) in [5.74, 6) is 1.83. The van der Waals surface area contributed by atoms with Gasteiger partial charge in [0.15, 0.2) is 0 Å². The van der Waals surface area contributed by atoms with Crippen molar-refractivity contribution in [2.45, 2.75) is 56.8 Å². The van der Waals surface area contributed by atoms with Gasteiger partial charge in [-0.1, -0.05) is 18.5 Å². The Bertz CT molecular complexity index is 464. The van der Waals surface area contributed by atoms with Crippen LogP contribution in [0.5, 0.6) is 0 Å². The molecule has 2 fully saturated rings. The van der Waals surface area contributed by atoms with Gasteiger partial charge in [-0.2, -0.15) is 4.98 Å². The summed E-state index contributed by atoms with van der Waals surface area (Å²) in [5, 5.41) is 16.9. The Morgan fingerprint density at radius 1 is 1.50 bits per heavy atom. The Balaban J connectivity index is 1.81. The maximum atomic E-state index is 9.57. The highest BCUT2D eigenvalue weighted by Crippen LogP contribution is 2.41. The predicted octanol–water partition coefficient (Wildman–Crippen LogP) is 1.52. The molecule has 0 bridgehead atoms. The lowest BCUT2D eigenvalue weighted by Gasteiger charge is -2.36. The van der Waals surface area contributed by atoms with Crippen LogP contribution in [0.4, 0.5) is 0 Å². The number of hydrogen-bond acceptors (Lipinski definition) is 6. The Morgan fingerprint density at radius 2 is 2.35 bits per heavy atom. The molecule has 1 aromatic heterocycles. The molecule has 6 nitrogen and oxygen atoms in total. The maximum absolute atomic E-state index is 9.57. The maximum Gasteiger partial charge on any atom is 0.243 e.